The minimum absolute atomic E-state index is 0. The van der Waals surface area contributed by atoms with Gasteiger partial charge >= 0.3 is 0 Å². The predicted octanol–water partition coefficient (Wildman–Crippen LogP) is 1.64. The van der Waals surface area contributed by atoms with Gasteiger partial charge in [0.1, 0.15) is 5.82 Å². The number of nitrogens with zero attached hydrogens (tertiary/aromatic N) is 1. The number of piperidine rings is 1. The number of carbonyl (C=O) groups is 1. The number of amides is 1. The maximum Gasteiger partial charge on any atom is 0.240 e. The SMILES string of the molecule is CC(N)C1CCCCN1C(=O)CCNS(=O)(=O)c1ccc(F)cc1.Cl. The highest BCUT2D eigenvalue weighted by Gasteiger charge is 2.29. The van der Waals surface area contributed by atoms with Crippen LogP contribution in [0, 0.1) is 5.82 Å². The lowest BCUT2D eigenvalue weighted by Crippen LogP contribution is -2.52. The highest BCUT2D eigenvalue weighted by atomic mass is 35.5. The van der Waals surface area contributed by atoms with Crippen molar-refractivity contribution in [3.05, 3.63) is 30.1 Å². The summed E-state index contributed by atoms with van der Waals surface area (Å²) in [6.45, 7) is 2.55. The number of benzene rings is 1. The summed E-state index contributed by atoms with van der Waals surface area (Å²) in [5.41, 5.74) is 5.95. The average molecular weight is 394 g/mol. The second-order valence-electron chi connectivity index (χ2n) is 6.11. The second kappa shape index (κ2) is 9.47. The molecule has 142 valence electrons. The van der Waals surface area contributed by atoms with E-state index in [0.717, 1.165) is 31.4 Å². The van der Waals surface area contributed by atoms with Gasteiger partial charge in [-0.25, -0.2) is 17.5 Å². The Balaban J connectivity index is 0.00000312. The van der Waals surface area contributed by atoms with Crippen LogP contribution in [-0.2, 0) is 14.8 Å². The first-order valence-electron chi connectivity index (χ1n) is 8.11. The van der Waals surface area contributed by atoms with Gasteiger partial charge in [-0.1, -0.05) is 0 Å². The summed E-state index contributed by atoms with van der Waals surface area (Å²) in [6, 6.07) is 4.46. The molecule has 0 aliphatic carbocycles. The van der Waals surface area contributed by atoms with Crippen LogP contribution < -0.4 is 10.5 Å². The van der Waals surface area contributed by atoms with Crippen molar-refractivity contribution in [3.8, 4) is 0 Å². The molecule has 1 fully saturated rings. The molecule has 1 heterocycles. The molecule has 1 aromatic carbocycles. The number of rotatable bonds is 6. The number of nitrogens with two attached hydrogens (primary N) is 1. The van der Waals surface area contributed by atoms with Gasteiger partial charge in [0.15, 0.2) is 0 Å². The predicted molar refractivity (Wildman–Crippen MR) is 96.5 cm³/mol. The Morgan fingerprint density at radius 3 is 2.60 bits per heavy atom. The van der Waals surface area contributed by atoms with Crippen molar-refractivity contribution in [2.45, 2.75) is 49.6 Å². The van der Waals surface area contributed by atoms with Crippen LogP contribution in [0.25, 0.3) is 0 Å². The molecule has 0 aromatic heterocycles. The minimum Gasteiger partial charge on any atom is -0.338 e. The third-order valence-electron chi connectivity index (χ3n) is 4.23. The first-order chi connectivity index (χ1) is 11.3. The Morgan fingerprint density at radius 2 is 2.00 bits per heavy atom. The van der Waals surface area contributed by atoms with Gasteiger partial charge in [-0.05, 0) is 50.5 Å². The molecule has 1 aliphatic heterocycles. The molecular weight excluding hydrogens is 369 g/mol. The van der Waals surface area contributed by atoms with Gasteiger partial charge in [-0.2, -0.15) is 0 Å². The first-order valence-corrected chi connectivity index (χ1v) is 9.60. The molecule has 0 bridgehead atoms. The van der Waals surface area contributed by atoms with E-state index in [9.17, 15) is 17.6 Å². The number of halogens is 2. The molecule has 3 N–H and O–H groups in total. The van der Waals surface area contributed by atoms with Gasteiger partial charge in [-0.3, -0.25) is 4.79 Å². The van der Waals surface area contributed by atoms with Crippen molar-refractivity contribution in [3.63, 3.8) is 0 Å². The van der Waals surface area contributed by atoms with E-state index in [1.54, 1.807) is 4.90 Å². The smallest absolute Gasteiger partial charge is 0.240 e. The molecule has 2 atom stereocenters. The highest BCUT2D eigenvalue weighted by molar-refractivity contribution is 7.89. The molecule has 2 rings (SSSR count). The topological polar surface area (TPSA) is 92.5 Å². The van der Waals surface area contributed by atoms with E-state index in [-0.39, 0.29) is 48.3 Å². The number of hydrogen-bond donors (Lipinski definition) is 2. The summed E-state index contributed by atoms with van der Waals surface area (Å²) in [6.07, 6.45) is 2.94. The Bertz CT molecular complexity index is 668. The zero-order valence-corrected chi connectivity index (χ0v) is 15.8. The van der Waals surface area contributed by atoms with E-state index >= 15 is 0 Å². The fourth-order valence-corrected chi connectivity index (χ4v) is 3.98. The van der Waals surface area contributed by atoms with Gasteiger partial charge in [0.2, 0.25) is 15.9 Å². The first kappa shape index (κ1) is 21.8. The molecule has 9 heteroatoms. The van der Waals surface area contributed by atoms with E-state index in [2.05, 4.69) is 4.72 Å². The highest BCUT2D eigenvalue weighted by Crippen LogP contribution is 2.20. The maximum absolute atomic E-state index is 12.9. The summed E-state index contributed by atoms with van der Waals surface area (Å²) in [4.78, 5) is 14.1. The number of likely N-dealkylation sites (tertiary alicyclic amines) is 1. The largest absolute Gasteiger partial charge is 0.338 e. The number of nitrogens with one attached hydrogen (secondary N) is 1. The molecule has 25 heavy (non-hydrogen) atoms. The van der Waals surface area contributed by atoms with Gasteiger partial charge in [0.05, 0.1) is 4.90 Å². The molecule has 1 aliphatic rings. The second-order valence-corrected chi connectivity index (χ2v) is 7.88. The molecule has 0 radical (unpaired) electrons. The quantitative estimate of drug-likeness (QED) is 0.768. The van der Waals surface area contributed by atoms with Crippen molar-refractivity contribution in [1.29, 1.82) is 0 Å². The fourth-order valence-electron chi connectivity index (χ4n) is 2.95. The standard InChI is InChI=1S/C16H24FN3O3S.ClH/c1-12(18)15-4-2-3-11-20(15)16(21)9-10-19-24(22,23)14-7-5-13(17)6-8-14;/h5-8,12,15,19H,2-4,9-11,18H2,1H3;1H. The third-order valence-corrected chi connectivity index (χ3v) is 5.71. The van der Waals surface area contributed by atoms with E-state index in [4.69, 9.17) is 5.73 Å². The molecule has 1 amide bonds. The lowest BCUT2D eigenvalue weighted by atomic mass is 9.96. The van der Waals surface area contributed by atoms with Crippen molar-refractivity contribution in [1.82, 2.24) is 9.62 Å². The normalized spacial score (nSPS) is 19.2. The molecule has 0 spiro atoms. The lowest BCUT2D eigenvalue weighted by molar-refractivity contribution is -0.135. The monoisotopic (exact) mass is 393 g/mol. The molecular formula is C16H25ClFN3O3S. The van der Waals surface area contributed by atoms with E-state index in [1.807, 2.05) is 6.92 Å². The molecule has 0 saturated carbocycles. The summed E-state index contributed by atoms with van der Waals surface area (Å²) < 4.78 is 39.4. The van der Waals surface area contributed by atoms with Crippen LogP contribution in [0.1, 0.15) is 32.6 Å². The van der Waals surface area contributed by atoms with Crippen LogP contribution in [0.4, 0.5) is 4.39 Å². The van der Waals surface area contributed by atoms with Crippen molar-refractivity contribution < 1.29 is 17.6 Å². The molecule has 6 nitrogen and oxygen atoms in total. The van der Waals surface area contributed by atoms with Gasteiger partial charge in [0, 0.05) is 31.6 Å². The number of hydrogen-bond acceptors (Lipinski definition) is 4. The Hall–Kier alpha value is -1.22. The molecule has 2 unspecified atom stereocenters. The van der Waals surface area contributed by atoms with E-state index in [1.165, 1.54) is 12.1 Å². The summed E-state index contributed by atoms with van der Waals surface area (Å²) >= 11 is 0. The number of sulfonamides is 1. The fraction of sp³-hybridized carbons (Fsp3) is 0.562. The van der Waals surface area contributed by atoms with Crippen LogP contribution in [0.5, 0.6) is 0 Å². The lowest BCUT2D eigenvalue weighted by Gasteiger charge is -2.38. The van der Waals surface area contributed by atoms with Crippen LogP contribution in [0.3, 0.4) is 0 Å². The Kier molecular flexibility index (Phi) is 8.27. The van der Waals surface area contributed by atoms with Crippen LogP contribution in [0.2, 0.25) is 0 Å². The third kappa shape index (κ3) is 5.91. The number of carbonyl (C=O) groups excluding carboxylic acids is 1. The molecule has 1 aromatic rings. The summed E-state index contributed by atoms with van der Waals surface area (Å²) in [5, 5.41) is 0. The van der Waals surface area contributed by atoms with Crippen LogP contribution >= 0.6 is 12.4 Å². The van der Waals surface area contributed by atoms with Crippen molar-refractivity contribution in [2.75, 3.05) is 13.1 Å². The Labute approximate surface area is 154 Å². The maximum atomic E-state index is 12.9. The summed E-state index contributed by atoms with van der Waals surface area (Å²) in [7, 11) is -3.75. The summed E-state index contributed by atoms with van der Waals surface area (Å²) in [5.74, 6) is -0.602. The van der Waals surface area contributed by atoms with Crippen molar-refractivity contribution >= 4 is 28.3 Å². The van der Waals surface area contributed by atoms with Gasteiger partial charge in [0.25, 0.3) is 0 Å². The van der Waals surface area contributed by atoms with Crippen LogP contribution in [-0.4, -0.2) is 44.4 Å². The zero-order valence-electron chi connectivity index (χ0n) is 14.2. The van der Waals surface area contributed by atoms with Gasteiger partial charge in [-0.15, -0.1) is 12.4 Å². The minimum atomic E-state index is -3.75. The van der Waals surface area contributed by atoms with Crippen LogP contribution in [0.15, 0.2) is 29.2 Å². The zero-order chi connectivity index (χ0) is 17.7. The van der Waals surface area contributed by atoms with Crippen molar-refractivity contribution in [2.24, 2.45) is 5.73 Å². The van der Waals surface area contributed by atoms with E-state index in [0.29, 0.717) is 6.54 Å². The average Bonchev–Trinajstić information content (AvgIpc) is 2.55. The molecule has 1 saturated heterocycles. The van der Waals surface area contributed by atoms with Gasteiger partial charge < -0.3 is 10.6 Å². The van der Waals surface area contributed by atoms with E-state index < -0.39 is 15.8 Å². The Morgan fingerprint density at radius 1 is 1.36 bits per heavy atom.